The lowest BCUT2D eigenvalue weighted by Gasteiger charge is -2.22. The van der Waals surface area contributed by atoms with Gasteiger partial charge in [-0.1, -0.05) is 66.4 Å². The topological polar surface area (TPSA) is 94.1 Å². The summed E-state index contributed by atoms with van der Waals surface area (Å²) in [5.74, 6) is 0.507. The highest BCUT2D eigenvalue weighted by atomic mass is 32.2. The molecule has 7 nitrogen and oxygen atoms in total. The predicted octanol–water partition coefficient (Wildman–Crippen LogP) is 3.27. The summed E-state index contributed by atoms with van der Waals surface area (Å²) in [5, 5.41) is 9.40. The number of primary amides is 1. The van der Waals surface area contributed by atoms with Gasteiger partial charge in [0.05, 0.1) is 5.75 Å². The number of hydrogen-bond donors (Lipinski definition) is 1. The van der Waals surface area contributed by atoms with Gasteiger partial charge in [-0.15, -0.1) is 10.2 Å². The maximum absolute atomic E-state index is 13.0. The maximum atomic E-state index is 13.0. The Labute approximate surface area is 186 Å². The SMILES string of the molecule is CCn1c(SCC(=O)N(CCC(N)=O)Cc2ccccc2)nnc1-c1ccccc1C. The van der Waals surface area contributed by atoms with Crippen molar-refractivity contribution in [3.05, 3.63) is 65.7 Å². The van der Waals surface area contributed by atoms with Crippen LogP contribution in [0.15, 0.2) is 59.8 Å². The van der Waals surface area contributed by atoms with Gasteiger partial charge in [-0.3, -0.25) is 9.59 Å². The normalized spacial score (nSPS) is 10.8. The van der Waals surface area contributed by atoms with Crippen LogP contribution in [0, 0.1) is 6.92 Å². The molecule has 0 bridgehead atoms. The van der Waals surface area contributed by atoms with Gasteiger partial charge >= 0.3 is 0 Å². The van der Waals surface area contributed by atoms with Crippen LogP contribution >= 0.6 is 11.8 Å². The van der Waals surface area contributed by atoms with Crippen LogP contribution < -0.4 is 5.73 Å². The minimum Gasteiger partial charge on any atom is -0.370 e. The van der Waals surface area contributed by atoms with E-state index in [0.29, 0.717) is 24.8 Å². The lowest BCUT2D eigenvalue weighted by atomic mass is 10.1. The fraction of sp³-hybridized carbons (Fsp3) is 0.304. The summed E-state index contributed by atoms with van der Waals surface area (Å²) in [4.78, 5) is 25.9. The molecule has 1 heterocycles. The van der Waals surface area contributed by atoms with Crippen LogP contribution in [0.25, 0.3) is 11.4 Å². The van der Waals surface area contributed by atoms with E-state index in [9.17, 15) is 9.59 Å². The van der Waals surface area contributed by atoms with Crippen LogP contribution in [0.2, 0.25) is 0 Å². The summed E-state index contributed by atoms with van der Waals surface area (Å²) in [6.07, 6.45) is 0.131. The van der Waals surface area contributed by atoms with Crippen molar-refractivity contribution in [2.45, 2.75) is 38.5 Å². The summed E-state index contributed by atoms with van der Waals surface area (Å²) in [6, 6.07) is 17.7. The van der Waals surface area contributed by atoms with Gasteiger partial charge in [0.25, 0.3) is 0 Å². The van der Waals surface area contributed by atoms with Crippen molar-refractivity contribution in [3.8, 4) is 11.4 Å². The third kappa shape index (κ3) is 5.95. The second-order valence-electron chi connectivity index (χ2n) is 7.17. The highest BCUT2D eigenvalue weighted by Gasteiger charge is 2.19. The summed E-state index contributed by atoms with van der Waals surface area (Å²) in [7, 11) is 0. The highest BCUT2D eigenvalue weighted by Crippen LogP contribution is 2.26. The zero-order valence-corrected chi connectivity index (χ0v) is 18.6. The molecule has 0 aliphatic rings. The molecule has 0 fully saturated rings. The molecule has 0 spiro atoms. The lowest BCUT2D eigenvalue weighted by Crippen LogP contribution is -2.34. The fourth-order valence-corrected chi connectivity index (χ4v) is 4.17. The Morgan fingerprint density at radius 3 is 2.45 bits per heavy atom. The van der Waals surface area contributed by atoms with Gasteiger partial charge in [0.1, 0.15) is 0 Å². The zero-order chi connectivity index (χ0) is 22.2. The maximum Gasteiger partial charge on any atom is 0.233 e. The number of nitrogens with zero attached hydrogens (tertiary/aromatic N) is 4. The van der Waals surface area contributed by atoms with E-state index >= 15 is 0 Å². The van der Waals surface area contributed by atoms with Gasteiger partial charge in [0.15, 0.2) is 11.0 Å². The smallest absolute Gasteiger partial charge is 0.233 e. The van der Waals surface area contributed by atoms with Crippen LogP contribution in [-0.2, 0) is 22.7 Å². The lowest BCUT2D eigenvalue weighted by molar-refractivity contribution is -0.129. The highest BCUT2D eigenvalue weighted by molar-refractivity contribution is 7.99. The second kappa shape index (κ2) is 10.8. The molecule has 2 aromatic carbocycles. The van der Waals surface area contributed by atoms with Crippen LogP contribution in [-0.4, -0.2) is 43.8 Å². The fourth-order valence-electron chi connectivity index (χ4n) is 3.26. The largest absolute Gasteiger partial charge is 0.370 e. The van der Waals surface area contributed by atoms with Gasteiger partial charge in [0, 0.05) is 31.6 Å². The Balaban J connectivity index is 1.72. The van der Waals surface area contributed by atoms with Crippen molar-refractivity contribution in [1.82, 2.24) is 19.7 Å². The van der Waals surface area contributed by atoms with Crippen molar-refractivity contribution < 1.29 is 9.59 Å². The van der Waals surface area contributed by atoms with Gasteiger partial charge in [-0.05, 0) is 25.0 Å². The van der Waals surface area contributed by atoms with Gasteiger partial charge in [-0.25, -0.2) is 0 Å². The Bertz CT molecular complexity index is 1040. The first-order valence-electron chi connectivity index (χ1n) is 10.2. The number of nitrogens with two attached hydrogens (primary N) is 1. The van der Waals surface area contributed by atoms with Crippen LogP contribution in [0.5, 0.6) is 0 Å². The number of carbonyl (C=O) groups is 2. The van der Waals surface area contributed by atoms with E-state index in [2.05, 4.69) is 10.2 Å². The van der Waals surface area contributed by atoms with E-state index < -0.39 is 5.91 Å². The molecule has 0 atom stereocenters. The molecule has 0 radical (unpaired) electrons. The summed E-state index contributed by atoms with van der Waals surface area (Å²) < 4.78 is 2.02. The average molecular weight is 438 g/mol. The number of hydrogen-bond acceptors (Lipinski definition) is 5. The number of rotatable bonds is 10. The van der Waals surface area contributed by atoms with E-state index in [1.54, 1.807) is 4.90 Å². The Hall–Kier alpha value is -3.13. The van der Waals surface area contributed by atoms with Gasteiger partial charge < -0.3 is 15.2 Å². The van der Waals surface area contributed by atoms with E-state index in [1.807, 2.05) is 73.0 Å². The first-order chi connectivity index (χ1) is 15.0. The number of thioether (sulfide) groups is 1. The zero-order valence-electron chi connectivity index (χ0n) is 17.8. The third-order valence-electron chi connectivity index (χ3n) is 4.94. The van der Waals surface area contributed by atoms with E-state index in [4.69, 9.17) is 5.73 Å². The van der Waals surface area contributed by atoms with Crippen LogP contribution in [0.4, 0.5) is 0 Å². The molecule has 1 aromatic heterocycles. The van der Waals surface area contributed by atoms with Crippen LogP contribution in [0.1, 0.15) is 24.5 Å². The molecular weight excluding hydrogens is 410 g/mol. The van der Waals surface area contributed by atoms with Crippen molar-refractivity contribution in [2.24, 2.45) is 5.73 Å². The average Bonchev–Trinajstić information content (AvgIpc) is 3.18. The molecule has 0 unspecified atom stereocenters. The Morgan fingerprint density at radius 2 is 1.77 bits per heavy atom. The first kappa shape index (κ1) is 22.6. The van der Waals surface area contributed by atoms with Gasteiger partial charge in [-0.2, -0.15) is 0 Å². The van der Waals surface area contributed by atoms with Crippen molar-refractivity contribution >= 4 is 23.6 Å². The molecule has 2 N–H and O–H groups in total. The molecule has 8 heteroatoms. The summed E-state index contributed by atoms with van der Waals surface area (Å²) in [5.41, 5.74) is 8.46. The molecule has 2 amide bonds. The molecule has 3 rings (SSSR count). The Kier molecular flexibility index (Phi) is 7.83. The summed E-state index contributed by atoms with van der Waals surface area (Å²) >= 11 is 1.36. The second-order valence-corrected chi connectivity index (χ2v) is 8.11. The van der Waals surface area contributed by atoms with Crippen LogP contribution in [0.3, 0.4) is 0 Å². The summed E-state index contributed by atoms with van der Waals surface area (Å²) in [6.45, 7) is 5.50. The molecule has 0 saturated carbocycles. The monoisotopic (exact) mass is 437 g/mol. The minimum atomic E-state index is -0.424. The number of aryl methyl sites for hydroxylation is 1. The van der Waals surface area contributed by atoms with Gasteiger partial charge in [0.2, 0.25) is 11.8 Å². The molecule has 3 aromatic rings. The predicted molar refractivity (Wildman–Crippen MR) is 122 cm³/mol. The number of benzene rings is 2. The number of amides is 2. The van der Waals surface area contributed by atoms with E-state index in [-0.39, 0.29) is 18.1 Å². The molecule has 0 aliphatic heterocycles. The first-order valence-corrected chi connectivity index (χ1v) is 11.2. The molecule has 0 aliphatic carbocycles. The number of aromatic nitrogens is 3. The molecule has 0 saturated heterocycles. The van der Waals surface area contributed by atoms with E-state index in [1.165, 1.54) is 11.8 Å². The molecule has 162 valence electrons. The van der Waals surface area contributed by atoms with Crippen molar-refractivity contribution in [2.75, 3.05) is 12.3 Å². The number of carbonyl (C=O) groups excluding carboxylic acids is 2. The van der Waals surface area contributed by atoms with Crippen molar-refractivity contribution in [3.63, 3.8) is 0 Å². The Morgan fingerprint density at radius 1 is 1.06 bits per heavy atom. The minimum absolute atomic E-state index is 0.0711. The van der Waals surface area contributed by atoms with Crippen molar-refractivity contribution in [1.29, 1.82) is 0 Å². The molecular formula is C23H27N5O2S. The quantitative estimate of drug-likeness (QED) is 0.491. The standard InChI is InChI=1S/C23H27N5O2S/c1-3-28-22(19-12-8-7-9-17(19)2)25-26-23(28)31-16-21(30)27(14-13-20(24)29)15-18-10-5-4-6-11-18/h4-12H,3,13-16H2,1-2H3,(H2,24,29). The molecule has 31 heavy (non-hydrogen) atoms. The third-order valence-corrected chi connectivity index (χ3v) is 5.89. The van der Waals surface area contributed by atoms with E-state index in [0.717, 1.165) is 22.5 Å².